The Bertz CT molecular complexity index is 312. The molecule has 0 aromatic heterocycles. The molecule has 1 radical (unpaired) electrons. The van der Waals surface area contributed by atoms with Crippen molar-refractivity contribution < 1.29 is 26.2 Å². The Labute approximate surface area is 127 Å². The quantitative estimate of drug-likeness (QED) is 0.532. The second-order valence-corrected chi connectivity index (χ2v) is 6.74. The van der Waals surface area contributed by atoms with Crippen molar-refractivity contribution in [3.8, 4) is 0 Å². The van der Waals surface area contributed by atoms with Crippen LogP contribution >= 0.6 is 0 Å². The molecule has 17 heavy (non-hydrogen) atoms. The Balaban J connectivity index is 0.000000360. The summed E-state index contributed by atoms with van der Waals surface area (Å²) in [6, 6.07) is 0. The molecule has 0 unspecified atom stereocenters. The number of hydrogen-bond acceptors (Lipinski definition) is 0. The minimum Gasteiger partial charge on any atom is -0.273 e. The molecule has 2 heteroatoms. The van der Waals surface area contributed by atoms with E-state index in [1.165, 1.54) is 12.8 Å². The second-order valence-electron chi connectivity index (χ2n) is 4.24. The van der Waals surface area contributed by atoms with E-state index >= 15 is 0 Å². The minimum atomic E-state index is -0.245. The molecule has 2 aliphatic carbocycles. The summed E-state index contributed by atoms with van der Waals surface area (Å²) in [6.45, 7) is 6.94. The zero-order valence-electron chi connectivity index (χ0n) is 11.1. The van der Waals surface area contributed by atoms with Crippen LogP contribution < -0.4 is 0 Å². The SMILES string of the molecule is CCCC1=CC[C-]=C1[Si](C)C.[C-]1=CC=CC1.[Zr+2]. The van der Waals surface area contributed by atoms with Crippen LogP contribution in [0, 0.1) is 12.2 Å². The molecule has 2 aliphatic rings. The molecule has 0 spiro atoms. The Kier molecular flexibility index (Phi) is 10.1. The molecule has 0 N–H and O–H groups in total. The molecule has 0 aromatic rings. The fourth-order valence-electron chi connectivity index (χ4n) is 1.83. The van der Waals surface area contributed by atoms with Gasteiger partial charge >= 0.3 is 26.2 Å². The molecule has 0 atom stereocenters. The van der Waals surface area contributed by atoms with Gasteiger partial charge in [-0.25, -0.2) is 22.9 Å². The van der Waals surface area contributed by atoms with Gasteiger partial charge in [0.2, 0.25) is 0 Å². The smallest absolute Gasteiger partial charge is 0.273 e. The molecule has 0 aromatic carbocycles. The van der Waals surface area contributed by atoms with Gasteiger partial charge in [-0.1, -0.05) is 32.9 Å². The third-order valence-corrected chi connectivity index (χ3v) is 4.05. The maximum Gasteiger partial charge on any atom is 2.00 e. The van der Waals surface area contributed by atoms with Crippen molar-refractivity contribution in [1.82, 2.24) is 0 Å². The van der Waals surface area contributed by atoms with Gasteiger partial charge in [-0.15, -0.1) is 12.8 Å². The number of rotatable bonds is 3. The summed E-state index contributed by atoms with van der Waals surface area (Å²) in [4.78, 5) is 0. The summed E-state index contributed by atoms with van der Waals surface area (Å²) in [7, 11) is -0.245. The summed E-state index contributed by atoms with van der Waals surface area (Å²) >= 11 is 0. The van der Waals surface area contributed by atoms with E-state index in [0.29, 0.717) is 0 Å². The standard InChI is InChI=1S/C10H16Si.C5H5.Zr/c1-4-6-9-7-5-8-10(9)11(2)3;1-2-4-5-3-1;/h7H,4-6H2,1-3H3;1-3H,4H2;/q2*-1;+2. The summed E-state index contributed by atoms with van der Waals surface area (Å²) in [5.41, 5.74) is 1.59. The summed E-state index contributed by atoms with van der Waals surface area (Å²) in [5, 5.41) is 1.57. The fraction of sp³-hybridized carbons (Fsp3) is 0.467. The van der Waals surface area contributed by atoms with E-state index < -0.39 is 0 Å². The van der Waals surface area contributed by atoms with Crippen LogP contribution in [0.2, 0.25) is 13.1 Å². The fourth-order valence-corrected chi connectivity index (χ4v) is 3.15. The molecule has 2 rings (SSSR count). The molecule has 0 amide bonds. The first-order valence-electron chi connectivity index (χ1n) is 6.08. The first-order chi connectivity index (χ1) is 7.75. The van der Waals surface area contributed by atoms with Gasteiger partial charge in [0.25, 0.3) is 0 Å². The monoisotopic (exact) mass is 319 g/mol. The van der Waals surface area contributed by atoms with E-state index in [1.54, 1.807) is 10.8 Å². The summed E-state index contributed by atoms with van der Waals surface area (Å²) in [5.74, 6) is 0. The molecule has 0 heterocycles. The molecule has 0 aliphatic heterocycles. The van der Waals surface area contributed by atoms with Gasteiger partial charge in [-0.2, -0.15) is 12.2 Å². The molecule has 0 saturated heterocycles. The van der Waals surface area contributed by atoms with E-state index in [0.717, 1.165) is 12.8 Å². The largest absolute Gasteiger partial charge is 2.00 e. The van der Waals surface area contributed by atoms with Gasteiger partial charge in [-0.05, 0) is 0 Å². The molecule has 0 saturated carbocycles. The minimum absolute atomic E-state index is 0. The van der Waals surface area contributed by atoms with Crippen LogP contribution in [0.3, 0.4) is 0 Å². The van der Waals surface area contributed by atoms with Gasteiger partial charge in [0.1, 0.15) is 0 Å². The first-order valence-corrected chi connectivity index (χ1v) is 8.58. The Morgan fingerprint density at radius 2 is 2.06 bits per heavy atom. The predicted octanol–water partition coefficient (Wildman–Crippen LogP) is 4.44. The van der Waals surface area contributed by atoms with Crippen molar-refractivity contribution in [3.63, 3.8) is 0 Å². The molecule has 89 valence electrons. The van der Waals surface area contributed by atoms with E-state index in [9.17, 15) is 0 Å². The normalized spacial score (nSPS) is 16.2. The Hall–Kier alpha value is 0.0600. The van der Waals surface area contributed by atoms with Gasteiger partial charge in [0, 0.05) is 8.80 Å². The number of allylic oxidation sites excluding steroid dienone is 8. The number of hydrogen-bond donors (Lipinski definition) is 0. The van der Waals surface area contributed by atoms with Crippen LogP contribution in [0.5, 0.6) is 0 Å². The average molecular weight is 321 g/mol. The zero-order valence-corrected chi connectivity index (χ0v) is 14.6. The maximum atomic E-state index is 3.46. The topological polar surface area (TPSA) is 0 Å². The molecular formula is C15H21SiZr. The van der Waals surface area contributed by atoms with Crippen molar-refractivity contribution in [3.05, 3.63) is 47.2 Å². The van der Waals surface area contributed by atoms with E-state index in [1.807, 2.05) is 12.2 Å². The van der Waals surface area contributed by atoms with Gasteiger partial charge < -0.3 is 0 Å². The first kappa shape index (κ1) is 17.1. The molecular weight excluding hydrogens is 299 g/mol. The third kappa shape index (κ3) is 6.52. The molecule has 0 bridgehead atoms. The van der Waals surface area contributed by atoms with Crippen LogP contribution in [-0.2, 0) is 26.2 Å². The summed E-state index contributed by atoms with van der Waals surface area (Å²) in [6.07, 6.45) is 19.4. The van der Waals surface area contributed by atoms with E-state index in [2.05, 4.69) is 44.3 Å². The van der Waals surface area contributed by atoms with Gasteiger partial charge in [-0.3, -0.25) is 12.2 Å². The van der Waals surface area contributed by atoms with E-state index in [-0.39, 0.29) is 35.0 Å². The van der Waals surface area contributed by atoms with Crippen LogP contribution in [0.25, 0.3) is 0 Å². The molecule has 0 nitrogen and oxygen atoms in total. The van der Waals surface area contributed by atoms with Crippen LogP contribution in [-0.4, -0.2) is 8.80 Å². The summed E-state index contributed by atoms with van der Waals surface area (Å²) < 4.78 is 0. The zero-order chi connectivity index (χ0) is 11.8. The van der Waals surface area contributed by atoms with E-state index in [4.69, 9.17) is 0 Å². The van der Waals surface area contributed by atoms with Crippen molar-refractivity contribution in [1.29, 1.82) is 0 Å². The van der Waals surface area contributed by atoms with Crippen LogP contribution in [0.1, 0.15) is 32.6 Å². The van der Waals surface area contributed by atoms with Gasteiger partial charge in [0.15, 0.2) is 0 Å². The predicted molar refractivity (Wildman–Crippen MR) is 73.4 cm³/mol. The Morgan fingerprint density at radius 1 is 1.29 bits per heavy atom. The Morgan fingerprint density at radius 3 is 2.47 bits per heavy atom. The molecule has 0 fully saturated rings. The average Bonchev–Trinajstić information content (AvgIpc) is 2.91. The van der Waals surface area contributed by atoms with Gasteiger partial charge in [0.05, 0.1) is 0 Å². The van der Waals surface area contributed by atoms with Crippen molar-refractivity contribution in [2.75, 3.05) is 0 Å². The van der Waals surface area contributed by atoms with Crippen LogP contribution in [0.15, 0.2) is 35.1 Å². The van der Waals surface area contributed by atoms with Crippen molar-refractivity contribution >= 4 is 8.80 Å². The third-order valence-electron chi connectivity index (χ3n) is 2.55. The maximum absolute atomic E-state index is 3.46. The van der Waals surface area contributed by atoms with Crippen LogP contribution in [0.4, 0.5) is 0 Å². The second kappa shape index (κ2) is 10.0. The van der Waals surface area contributed by atoms with Crippen molar-refractivity contribution in [2.24, 2.45) is 0 Å². The van der Waals surface area contributed by atoms with Crippen molar-refractivity contribution in [2.45, 2.75) is 45.7 Å².